The van der Waals surface area contributed by atoms with Gasteiger partial charge in [-0.2, -0.15) is 5.10 Å². The van der Waals surface area contributed by atoms with Gasteiger partial charge < -0.3 is 5.32 Å². The van der Waals surface area contributed by atoms with E-state index in [1.54, 1.807) is 0 Å². The van der Waals surface area contributed by atoms with E-state index in [0.29, 0.717) is 5.69 Å². The van der Waals surface area contributed by atoms with Crippen molar-refractivity contribution in [3.05, 3.63) is 64.3 Å². The number of aryl methyl sites for hydroxylation is 1. The zero-order valence-electron chi connectivity index (χ0n) is 12.8. The summed E-state index contributed by atoms with van der Waals surface area (Å²) in [5.41, 5.74) is 2.59. The first kappa shape index (κ1) is 15.7. The lowest BCUT2D eigenvalue weighted by Crippen LogP contribution is -2.33. The molecule has 2 N–H and O–H groups in total. The first-order valence-corrected chi connectivity index (χ1v) is 8.41. The van der Waals surface area contributed by atoms with Crippen molar-refractivity contribution in [2.75, 3.05) is 0 Å². The van der Waals surface area contributed by atoms with E-state index in [1.807, 2.05) is 43.3 Å². The first-order valence-electron chi connectivity index (χ1n) is 7.62. The van der Waals surface area contributed by atoms with Gasteiger partial charge in [0.25, 0.3) is 5.91 Å². The molecule has 3 rings (SSSR count). The molecule has 4 nitrogen and oxygen atoms in total. The Morgan fingerprint density at radius 2 is 1.96 bits per heavy atom. The number of halogens is 1. The molecule has 0 saturated carbocycles. The fourth-order valence-electron chi connectivity index (χ4n) is 2.54. The summed E-state index contributed by atoms with van der Waals surface area (Å²) < 4.78 is 1.08. The van der Waals surface area contributed by atoms with Gasteiger partial charge in [0.1, 0.15) is 0 Å². The lowest BCUT2D eigenvalue weighted by Gasteiger charge is -2.13. The third-order valence-electron chi connectivity index (χ3n) is 3.84. The standard InChI is InChI=1S/C18H18BrN3O/c1-12(6-7-13-8-10-14(19)11-9-13)20-18(23)17-15-4-2-3-5-16(15)21-22-17/h2-5,8-12H,6-7H2,1H3,(H,20,23)(H,21,22)/t12-/m1/s1. The Morgan fingerprint density at radius 3 is 2.74 bits per heavy atom. The lowest BCUT2D eigenvalue weighted by atomic mass is 10.1. The molecule has 0 bridgehead atoms. The van der Waals surface area contributed by atoms with Crippen molar-refractivity contribution in [1.82, 2.24) is 15.5 Å². The fourth-order valence-corrected chi connectivity index (χ4v) is 2.80. The number of aromatic amines is 1. The van der Waals surface area contributed by atoms with Gasteiger partial charge >= 0.3 is 0 Å². The van der Waals surface area contributed by atoms with Crippen LogP contribution in [-0.2, 0) is 6.42 Å². The van der Waals surface area contributed by atoms with Gasteiger partial charge in [-0.15, -0.1) is 0 Å². The van der Waals surface area contributed by atoms with E-state index < -0.39 is 0 Å². The molecule has 0 spiro atoms. The molecule has 0 unspecified atom stereocenters. The van der Waals surface area contributed by atoms with Crippen LogP contribution in [0.15, 0.2) is 53.0 Å². The van der Waals surface area contributed by atoms with Crippen LogP contribution in [0.25, 0.3) is 10.9 Å². The van der Waals surface area contributed by atoms with E-state index in [4.69, 9.17) is 0 Å². The van der Waals surface area contributed by atoms with Gasteiger partial charge in [0, 0.05) is 15.9 Å². The molecule has 0 radical (unpaired) electrons. The molecule has 118 valence electrons. The number of H-pyrrole nitrogens is 1. The molecule has 1 atom stereocenters. The Kier molecular flexibility index (Phi) is 4.76. The topological polar surface area (TPSA) is 57.8 Å². The van der Waals surface area contributed by atoms with Gasteiger partial charge in [0.2, 0.25) is 0 Å². The monoisotopic (exact) mass is 371 g/mol. The number of amides is 1. The quantitative estimate of drug-likeness (QED) is 0.709. The fraction of sp³-hybridized carbons (Fsp3) is 0.222. The van der Waals surface area contributed by atoms with Crippen LogP contribution in [0.4, 0.5) is 0 Å². The normalized spacial score (nSPS) is 12.3. The number of carbonyl (C=O) groups excluding carboxylic acids is 1. The van der Waals surface area contributed by atoms with Gasteiger partial charge in [-0.25, -0.2) is 0 Å². The summed E-state index contributed by atoms with van der Waals surface area (Å²) in [6.45, 7) is 2.02. The van der Waals surface area contributed by atoms with E-state index in [2.05, 4.69) is 43.6 Å². The molecule has 1 amide bonds. The highest BCUT2D eigenvalue weighted by Crippen LogP contribution is 2.16. The SMILES string of the molecule is C[C@H](CCc1ccc(Br)cc1)NC(=O)c1n[nH]c2ccccc12. The zero-order valence-corrected chi connectivity index (χ0v) is 14.4. The molecule has 5 heteroatoms. The van der Waals surface area contributed by atoms with Gasteiger partial charge in [0.15, 0.2) is 5.69 Å². The molecule has 2 aromatic carbocycles. The Labute approximate surface area is 143 Å². The van der Waals surface area contributed by atoms with E-state index in [0.717, 1.165) is 28.2 Å². The molecular weight excluding hydrogens is 354 g/mol. The van der Waals surface area contributed by atoms with Crippen molar-refractivity contribution < 1.29 is 4.79 Å². The van der Waals surface area contributed by atoms with Crippen LogP contribution in [0.2, 0.25) is 0 Å². The summed E-state index contributed by atoms with van der Waals surface area (Å²) in [6.07, 6.45) is 1.81. The summed E-state index contributed by atoms with van der Waals surface area (Å²) in [4.78, 5) is 12.4. The number of nitrogens with zero attached hydrogens (tertiary/aromatic N) is 1. The van der Waals surface area contributed by atoms with Gasteiger partial charge in [0.05, 0.1) is 5.52 Å². The minimum absolute atomic E-state index is 0.0848. The molecule has 0 aliphatic rings. The van der Waals surface area contributed by atoms with Gasteiger partial charge in [-0.1, -0.05) is 46.3 Å². The number of carbonyl (C=O) groups is 1. The summed E-state index contributed by atoms with van der Waals surface area (Å²) in [6, 6.07) is 16.0. The highest BCUT2D eigenvalue weighted by molar-refractivity contribution is 9.10. The van der Waals surface area contributed by atoms with E-state index in [-0.39, 0.29) is 11.9 Å². The predicted octanol–water partition coefficient (Wildman–Crippen LogP) is 4.08. The first-order chi connectivity index (χ1) is 11.1. The summed E-state index contributed by atoms with van der Waals surface area (Å²) in [5.74, 6) is -0.134. The van der Waals surface area contributed by atoms with Crippen LogP contribution in [0, 0.1) is 0 Å². The number of nitrogens with one attached hydrogen (secondary N) is 2. The third kappa shape index (κ3) is 3.79. The number of aromatic nitrogens is 2. The highest BCUT2D eigenvalue weighted by Gasteiger charge is 2.15. The van der Waals surface area contributed by atoms with Crippen LogP contribution >= 0.6 is 15.9 Å². The Morgan fingerprint density at radius 1 is 1.22 bits per heavy atom. The lowest BCUT2D eigenvalue weighted by molar-refractivity contribution is 0.0935. The van der Waals surface area contributed by atoms with Crippen molar-refractivity contribution in [3.8, 4) is 0 Å². The zero-order chi connectivity index (χ0) is 16.2. The molecule has 3 aromatic rings. The second kappa shape index (κ2) is 6.96. The Hall–Kier alpha value is -2.14. The predicted molar refractivity (Wildman–Crippen MR) is 95.5 cm³/mol. The largest absolute Gasteiger partial charge is 0.348 e. The maximum absolute atomic E-state index is 12.4. The second-order valence-corrected chi connectivity index (χ2v) is 6.57. The van der Waals surface area contributed by atoms with Crippen molar-refractivity contribution in [2.45, 2.75) is 25.8 Å². The van der Waals surface area contributed by atoms with Crippen molar-refractivity contribution in [3.63, 3.8) is 0 Å². The van der Waals surface area contributed by atoms with Crippen LogP contribution in [-0.4, -0.2) is 22.1 Å². The van der Waals surface area contributed by atoms with Crippen molar-refractivity contribution >= 4 is 32.7 Å². The summed E-state index contributed by atoms with van der Waals surface area (Å²) in [7, 11) is 0. The molecule has 1 aromatic heterocycles. The number of fused-ring (bicyclic) bond motifs is 1. The minimum Gasteiger partial charge on any atom is -0.348 e. The van der Waals surface area contributed by atoms with E-state index in [1.165, 1.54) is 5.56 Å². The maximum atomic E-state index is 12.4. The number of benzene rings is 2. The number of rotatable bonds is 5. The molecule has 0 saturated heterocycles. The molecule has 0 aliphatic carbocycles. The highest BCUT2D eigenvalue weighted by atomic mass is 79.9. The van der Waals surface area contributed by atoms with Crippen LogP contribution in [0.1, 0.15) is 29.4 Å². The molecule has 0 aliphatic heterocycles. The number of hydrogen-bond acceptors (Lipinski definition) is 2. The number of para-hydroxylation sites is 1. The summed E-state index contributed by atoms with van der Waals surface area (Å²) >= 11 is 3.43. The average molecular weight is 372 g/mol. The van der Waals surface area contributed by atoms with Crippen molar-refractivity contribution in [2.24, 2.45) is 0 Å². The molecular formula is C18H18BrN3O. The number of hydrogen-bond donors (Lipinski definition) is 2. The van der Waals surface area contributed by atoms with Crippen LogP contribution in [0.3, 0.4) is 0 Å². The van der Waals surface area contributed by atoms with Gasteiger partial charge in [-0.3, -0.25) is 9.89 Å². The molecule has 23 heavy (non-hydrogen) atoms. The van der Waals surface area contributed by atoms with Crippen LogP contribution < -0.4 is 5.32 Å². The van der Waals surface area contributed by atoms with E-state index in [9.17, 15) is 4.79 Å². The Balaban J connectivity index is 1.60. The van der Waals surface area contributed by atoms with Crippen LogP contribution in [0.5, 0.6) is 0 Å². The summed E-state index contributed by atoms with van der Waals surface area (Å²) in [5, 5.41) is 10.9. The molecule has 0 fully saturated rings. The maximum Gasteiger partial charge on any atom is 0.272 e. The minimum atomic E-state index is -0.134. The van der Waals surface area contributed by atoms with Crippen molar-refractivity contribution in [1.29, 1.82) is 0 Å². The Bertz CT molecular complexity index is 811. The van der Waals surface area contributed by atoms with Gasteiger partial charge in [-0.05, 0) is 43.5 Å². The third-order valence-corrected chi connectivity index (χ3v) is 4.37. The second-order valence-electron chi connectivity index (χ2n) is 5.66. The smallest absolute Gasteiger partial charge is 0.272 e. The molecule has 1 heterocycles. The van der Waals surface area contributed by atoms with E-state index >= 15 is 0 Å². The average Bonchev–Trinajstić information content (AvgIpc) is 2.98.